The second kappa shape index (κ2) is 6.38. The van der Waals surface area contributed by atoms with Crippen LogP contribution < -0.4 is 5.32 Å². The molecule has 0 spiro atoms. The number of nitrogens with zero attached hydrogens (tertiary/aromatic N) is 3. The van der Waals surface area contributed by atoms with Gasteiger partial charge >= 0.3 is 0 Å². The molecular formula is C15H17N5O2. The molecule has 22 heavy (non-hydrogen) atoms. The Bertz CT molecular complexity index is 641. The number of carbonyl (C=O) groups excluding carboxylic acids is 2. The van der Waals surface area contributed by atoms with Crippen molar-refractivity contribution in [3.05, 3.63) is 47.8 Å². The fourth-order valence-electron chi connectivity index (χ4n) is 2.55. The van der Waals surface area contributed by atoms with Gasteiger partial charge in [0.05, 0.1) is 12.7 Å². The minimum atomic E-state index is -0.601. The summed E-state index contributed by atoms with van der Waals surface area (Å²) >= 11 is 0. The van der Waals surface area contributed by atoms with Crippen LogP contribution in [0.4, 0.5) is 0 Å². The van der Waals surface area contributed by atoms with Crippen molar-refractivity contribution < 1.29 is 9.59 Å². The van der Waals surface area contributed by atoms with E-state index < -0.39 is 5.92 Å². The van der Waals surface area contributed by atoms with E-state index in [0.29, 0.717) is 25.2 Å². The molecule has 0 radical (unpaired) electrons. The molecule has 7 nitrogen and oxygen atoms in total. The van der Waals surface area contributed by atoms with Gasteiger partial charge in [0.25, 0.3) is 0 Å². The maximum absolute atomic E-state index is 12.3. The van der Waals surface area contributed by atoms with E-state index in [1.807, 2.05) is 30.3 Å². The molecule has 0 bridgehead atoms. The van der Waals surface area contributed by atoms with Crippen LogP contribution in [0.25, 0.3) is 0 Å². The third-order valence-corrected chi connectivity index (χ3v) is 3.74. The molecular weight excluding hydrogens is 282 g/mol. The highest BCUT2D eigenvalue weighted by Crippen LogP contribution is 2.20. The maximum atomic E-state index is 12.3. The predicted octanol–water partition coefficient (Wildman–Crippen LogP) is 0.470. The number of benzene rings is 1. The molecule has 1 aliphatic rings. The lowest BCUT2D eigenvalue weighted by Gasteiger charge is -2.16. The summed E-state index contributed by atoms with van der Waals surface area (Å²) in [6.07, 6.45) is 2.09. The number of hydrogen-bond donors (Lipinski definition) is 2. The van der Waals surface area contributed by atoms with Gasteiger partial charge in [-0.3, -0.25) is 9.59 Å². The highest BCUT2D eigenvalue weighted by Gasteiger charge is 2.36. The van der Waals surface area contributed by atoms with Gasteiger partial charge in [-0.05, 0) is 12.0 Å². The zero-order valence-corrected chi connectivity index (χ0v) is 12.0. The van der Waals surface area contributed by atoms with Crippen molar-refractivity contribution in [2.75, 3.05) is 6.54 Å². The number of aromatic amines is 1. The number of carbonyl (C=O) groups is 2. The Kier molecular flexibility index (Phi) is 4.13. The van der Waals surface area contributed by atoms with E-state index in [1.165, 1.54) is 0 Å². The fraction of sp³-hybridized carbons (Fsp3) is 0.333. The Morgan fingerprint density at radius 1 is 1.36 bits per heavy atom. The van der Waals surface area contributed by atoms with Crippen LogP contribution in [0.1, 0.15) is 17.7 Å². The Labute approximate surface area is 127 Å². The summed E-state index contributed by atoms with van der Waals surface area (Å²) in [4.78, 5) is 26.2. The first kappa shape index (κ1) is 14.2. The van der Waals surface area contributed by atoms with Crippen LogP contribution in [0.3, 0.4) is 0 Å². The van der Waals surface area contributed by atoms with Crippen LogP contribution in [0.5, 0.6) is 0 Å². The summed E-state index contributed by atoms with van der Waals surface area (Å²) in [5.41, 5.74) is 1.71. The second-order valence-corrected chi connectivity index (χ2v) is 5.27. The number of aromatic nitrogens is 3. The molecule has 1 aliphatic heterocycles. The average molecular weight is 299 g/mol. The van der Waals surface area contributed by atoms with E-state index in [9.17, 15) is 9.59 Å². The van der Waals surface area contributed by atoms with Gasteiger partial charge in [-0.15, -0.1) is 0 Å². The molecule has 1 atom stereocenters. The van der Waals surface area contributed by atoms with E-state index >= 15 is 0 Å². The summed E-state index contributed by atoms with van der Waals surface area (Å²) in [7, 11) is 0. The van der Waals surface area contributed by atoms with E-state index in [0.717, 1.165) is 5.56 Å². The molecule has 0 saturated carbocycles. The van der Waals surface area contributed by atoms with Gasteiger partial charge in [-0.1, -0.05) is 30.3 Å². The van der Waals surface area contributed by atoms with Crippen molar-refractivity contribution >= 4 is 11.8 Å². The molecule has 1 fully saturated rings. The van der Waals surface area contributed by atoms with Crippen LogP contribution in [0, 0.1) is 5.92 Å². The van der Waals surface area contributed by atoms with Gasteiger partial charge in [0, 0.05) is 13.1 Å². The summed E-state index contributed by atoms with van der Waals surface area (Å²) in [5, 5.41) is 12.7. The third kappa shape index (κ3) is 3.13. The summed E-state index contributed by atoms with van der Waals surface area (Å²) in [5.74, 6) is -0.958. The second-order valence-electron chi connectivity index (χ2n) is 5.27. The van der Waals surface area contributed by atoms with Gasteiger partial charge in [0.2, 0.25) is 11.8 Å². The largest absolute Gasteiger partial charge is 0.350 e. The molecule has 2 heterocycles. The fourth-order valence-corrected chi connectivity index (χ4v) is 2.55. The smallest absolute Gasteiger partial charge is 0.235 e. The molecule has 2 N–H and O–H groups in total. The summed E-state index contributed by atoms with van der Waals surface area (Å²) < 4.78 is 0. The first-order valence-corrected chi connectivity index (χ1v) is 7.19. The molecule has 1 saturated heterocycles. The van der Waals surface area contributed by atoms with Crippen LogP contribution in [0.15, 0.2) is 36.5 Å². The number of hydrogen-bond acceptors (Lipinski definition) is 4. The minimum Gasteiger partial charge on any atom is -0.350 e. The van der Waals surface area contributed by atoms with Gasteiger partial charge in [0.1, 0.15) is 11.6 Å². The Morgan fingerprint density at radius 2 is 2.18 bits per heavy atom. The molecule has 3 rings (SSSR count). The number of amides is 2. The highest BCUT2D eigenvalue weighted by molar-refractivity contribution is 6.01. The van der Waals surface area contributed by atoms with Gasteiger partial charge in [-0.2, -0.15) is 15.4 Å². The number of nitrogens with one attached hydrogen (secondary N) is 2. The molecule has 2 amide bonds. The Morgan fingerprint density at radius 3 is 2.91 bits per heavy atom. The summed E-state index contributed by atoms with van der Waals surface area (Å²) in [6.45, 7) is 1.43. The lowest BCUT2D eigenvalue weighted by atomic mass is 10.1. The highest BCUT2D eigenvalue weighted by atomic mass is 16.2. The first-order chi connectivity index (χ1) is 10.7. The van der Waals surface area contributed by atoms with Crippen molar-refractivity contribution in [2.24, 2.45) is 5.92 Å². The van der Waals surface area contributed by atoms with Crippen molar-refractivity contribution in [1.29, 1.82) is 0 Å². The van der Waals surface area contributed by atoms with Crippen LogP contribution in [0.2, 0.25) is 0 Å². The van der Waals surface area contributed by atoms with Crippen LogP contribution in [-0.2, 0) is 22.7 Å². The maximum Gasteiger partial charge on any atom is 0.235 e. The van der Waals surface area contributed by atoms with Gasteiger partial charge in [-0.25, -0.2) is 0 Å². The van der Waals surface area contributed by atoms with Crippen molar-refractivity contribution in [1.82, 2.24) is 25.6 Å². The van der Waals surface area contributed by atoms with E-state index in [1.54, 1.807) is 11.1 Å². The lowest BCUT2D eigenvalue weighted by molar-refractivity contribution is -0.138. The Balaban J connectivity index is 1.55. The molecule has 1 aromatic carbocycles. The molecule has 1 aromatic heterocycles. The molecule has 2 aromatic rings. The standard InChI is InChI=1S/C15H17N5O2/c21-14(16-8-12-9-17-19-18-12)13-6-7-20(15(13)22)10-11-4-2-1-3-5-11/h1-5,9,13H,6-8,10H2,(H,16,21)(H,17,18,19). The molecule has 7 heteroatoms. The number of rotatable bonds is 5. The van der Waals surface area contributed by atoms with E-state index in [4.69, 9.17) is 0 Å². The number of likely N-dealkylation sites (tertiary alicyclic amines) is 1. The van der Waals surface area contributed by atoms with E-state index in [2.05, 4.69) is 20.7 Å². The Hall–Kier alpha value is -2.70. The summed E-state index contributed by atoms with van der Waals surface area (Å²) in [6, 6.07) is 9.78. The van der Waals surface area contributed by atoms with E-state index in [-0.39, 0.29) is 18.4 Å². The van der Waals surface area contributed by atoms with Crippen molar-refractivity contribution in [2.45, 2.75) is 19.5 Å². The first-order valence-electron chi connectivity index (χ1n) is 7.19. The monoisotopic (exact) mass is 299 g/mol. The quantitative estimate of drug-likeness (QED) is 0.785. The third-order valence-electron chi connectivity index (χ3n) is 3.74. The van der Waals surface area contributed by atoms with Crippen molar-refractivity contribution in [3.63, 3.8) is 0 Å². The zero-order chi connectivity index (χ0) is 15.4. The van der Waals surface area contributed by atoms with Gasteiger partial charge < -0.3 is 10.2 Å². The molecule has 1 unspecified atom stereocenters. The van der Waals surface area contributed by atoms with Crippen LogP contribution in [-0.4, -0.2) is 38.7 Å². The van der Waals surface area contributed by atoms with Crippen LogP contribution >= 0.6 is 0 Å². The lowest BCUT2D eigenvalue weighted by Crippen LogP contribution is -2.36. The SMILES string of the molecule is O=C(NCc1cn[nH]n1)C1CCN(Cc2ccccc2)C1=O. The van der Waals surface area contributed by atoms with Crippen molar-refractivity contribution in [3.8, 4) is 0 Å². The number of H-pyrrole nitrogens is 1. The topological polar surface area (TPSA) is 91.0 Å². The van der Waals surface area contributed by atoms with Gasteiger partial charge in [0.15, 0.2) is 0 Å². The molecule has 114 valence electrons. The predicted molar refractivity (Wildman–Crippen MR) is 78.2 cm³/mol. The minimum absolute atomic E-state index is 0.110. The normalized spacial score (nSPS) is 17.7. The average Bonchev–Trinajstić information content (AvgIpc) is 3.17. The zero-order valence-electron chi connectivity index (χ0n) is 12.0. The molecule has 0 aliphatic carbocycles.